The van der Waals surface area contributed by atoms with Gasteiger partial charge in [-0.25, -0.2) is 14.4 Å². The van der Waals surface area contributed by atoms with Crippen LogP contribution in [-0.4, -0.2) is 11.7 Å². The van der Waals surface area contributed by atoms with Gasteiger partial charge in [0.15, 0.2) is 0 Å². The van der Waals surface area contributed by atoms with Gasteiger partial charge in [-0.15, -0.1) is 0 Å². The number of hydrogen-bond donors (Lipinski definition) is 0. The molecule has 0 fully saturated rings. The summed E-state index contributed by atoms with van der Waals surface area (Å²) in [7, 11) is 0. The van der Waals surface area contributed by atoms with Crippen molar-refractivity contribution in [3.8, 4) is 0 Å². The molecule has 0 N–H and O–H groups in total. The summed E-state index contributed by atoms with van der Waals surface area (Å²) in [6.45, 7) is 1.86. The lowest BCUT2D eigenvalue weighted by atomic mass is 10.1. The van der Waals surface area contributed by atoms with Gasteiger partial charge in [-0.2, -0.15) is 0 Å². The quantitative estimate of drug-likeness (QED) is 0.660. The van der Waals surface area contributed by atoms with Crippen molar-refractivity contribution in [3.63, 3.8) is 0 Å². The number of nitrogens with zero attached hydrogens (tertiary/aromatic N) is 2. The van der Waals surface area contributed by atoms with E-state index >= 15 is 0 Å². The van der Waals surface area contributed by atoms with Crippen LogP contribution >= 0.6 is 0 Å². The number of amidine groups is 2. The second-order valence-corrected chi connectivity index (χ2v) is 2.99. The lowest BCUT2D eigenvalue weighted by Gasteiger charge is -2.08. The highest BCUT2D eigenvalue weighted by atomic mass is 19.1. The van der Waals surface area contributed by atoms with Crippen LogP contribution in [0.4, 0.5) is 4.39 Å². The monoisotopic (exact) mass is 176 g/mol. The Morgan fingerprint density at radius 1 is 1.15 bits per heavy atom. The van der Waals surface area contributed by atoms with Crippen LogP contribution in [-0.2, 0) is 6.42 Å². The summed E-state index contributed by atoms with van der Waals surface area (Å²) in [4.78, 5) is 8.22. The molecule has 0 amide bonds. The van der Waals surface area contributed by atoms with Gasteiger partial charge in [0.2, 0.25) is 0 Å². The standard InChI is InChI=1S/C10H9FN2/c1-7-12-10(13-7)6-8-2-4-9(11)5-3-8/h2-5H,6H2,1H3. The van der Waals surface area contributed by atoms with Gasteiger partial charge in [-0.3, -0.25) is 0 Å². The van der Waals surface area contributed by atoms with E-state index in [0.29, 0.717) is 6.42 Å². The highest BCUT2D eigenvalue weighted by molar-refractivity contribution is 6.10. The molecule has 3 heteroatoms. The maximum atomic E-state index is 12.5. The van der Waals surface area contributed by atoms with E-state index in [2.05, 4.69) is 9.98 Å². The molecule has 2 rings (SSSR count). The van der Waals surface area contributed by atoms with Crippen LogP contribution in [0.25, 0.3) is 0 Å². The topological polar surface area (TPSA) is 24.7 Å². The van der Waals surface area contributed by atoms with Gasteiger partial charge in [0.05, 0.1) is 0 Å². The first-order chi connectivity index (χ1) is 6.24. The molecule has 0 spiro atoms. The van der Waals surface area contributed by atoms with Crippen LogP contribution in [0.15, 0.2) is 34.3 Å². The first kappa shape index (κ1) is 8.10. The summed E-state index contributed by atoms with van der Waals surface area (Å²) < 4.78 is 12.5. The molecular formula is C10H9FN2. The van der Waals surface area contributed by atoms with E-state index in [9.17, 15) is 4.39 Å². The molecule has 1 aliphatic rings. The molecule has 1 heterocycles. The Kier molecular flexibility index (Phi) is 1.93. The zero-order valence-corrected chi connectivity index (χ0v) is 7.29. The Hall–Kier alpha value is -1.51. The average Bonchev–Trinajstić information content (AvgIpc) is 2.06. The van der Waals surface area contributed by atoms with Gasteiger partial charge in [-0.05, 0) is 24.6 Å². The third kappa shape index (κ3) is 1.80. The lowest BCUT2D eigenvalue weighted by Crippen LogP contribution is -2.12. The molecule has 2 nitrogen and oxygen atoms in total. The van der Waals surface area contributed by atoms with Crippen molar-refractivity contribution in [2.75, 3.05) is 0 Å². The van der Waals surface area contributed by atoms with Crippen molar-refractivity contribution < 1.29 is 4.39 Å². The Labute approximate surface area is 75.8 Å². The SMILES string of the molecule is CC1=NC(Cc2ccc(F)cc2)=N1. The van der Waals surface area contributed by atoms with E-state index < -0.39 is 0 Å². The van der Waals surface area contributed by atoms with Crippen LogP contribution in [0, 0.1) is 5.82 Å². The maximum absolute atomic E-state index is 12.5. The summed E-state index contributed by atoms with van der Waals surface area (Å²) >= 11 is 0. The fourth-order valence-electron chi connectivity index (χ4n) is 1.24. The fraction of sp³-hybridized carbons (Fsp3) is 0.200. The first-order valence-electron chi connectivity index (χ1n) is 4.11. The molecule has 0 saturated carbocycles. The van der Waals surface area contributed by atoms with E-state index in [1.54, 1.807) is 12.1 Å². The molecule has 1 aromatic rings. The Bertz CT molecular complexity index is 376. The fourth-order valence-corrected chi connectivity index (χ4v) is 1.24. The summed E-state index contributed by atoms with van der Waals surface area (Å²) in [5.41, 5.74) is 1.04. The van der Waals surface area contributed by atoms with Crippen molar-refractivity contribution >= 4 is 11.7 Å². The number of aliphatic imine (C=N–C) groups is 2. The van der Waals surface area contributed by atoms with Gasteiger partial charge < -0.3 is 0 Å². The van der Waals surface area contributed by atoms with E-state index in [1.165, 1.54) is 12.1 Å². The van der Waals surface area contributed by atoms with Crippen LogP contribution < -0.4 is 0 Å². The molecular weight excluding hydrogens is 167 g/mol. The molecule has 0 radical (unpaired) electrons. The Morgan fingerprint density at radius 3 is 2.31 bits per heavy atom. The van der Waals surface area contributed by atoms with Crippen LogP contribution in [0.5, 0.6) is 0 Å². The van der Waals surface area contributed by atoms with Crippen molar-refractivity contribution in [3.05, 3.63) is 35.6 Å². The zero-order chi connectivity index (χ0) is 9.26. The molecule has 0 aliphatic carbocycles. The minimum atomic E-state index is -0.209. The van der Waals surface area contributed by atoms with Gasteiger partial charge >= 0.3 is 0 Å². The minimum Gasteiger partial charge on any atom is -0.218 e. The number of hydrogen-bond acceptors (Lipinski definition) is 2. The second kappa shape index (κ2) is 3.09. The van der Waals surface area contributed by atoms with E-state index in [-0.39, 0.29) is 5.82 Å². The van der Waals surface area contributed by atoms with Crippen molar-refractivity contribution in [2.45, 2.75) is 13.3 Å². The minimum absolute atomic E-state index is 0.209. The average molecular weight is 176 g/mol. The lowest BCUT2D eigenvalue weighted by molar-refractivity contribution is 0.627. The van der Waals surface area contributed by atoms with E-state index in [4.69, 9.17) is 0 Å². The van der Waals surface area contributed by atoms with Crippen molar-refractivity contribution in [1.29, 1.82) is 0 Å². The van der Waals surface area contributed by atoms with E-state index in [0.717, 1.165) is 17.2 Å². The largest absolute Gasteiger partial charge is 0.218 e. The summed E-state index contributed by atoms with van der Waals surface area (Å²) in [5.74, 6) is 1.43. The number of halogens is 1. The maximum Gasteiger partial charge on any atom is 0.136 e. The normalized spacial score (nSPS) is 14.6. The zero-order valence-electron chi connectivity index (χ0n) is 7.29. The van der Waals surface area contributed by atoms with Crippen molar-refractivity contribution in [2.24, 2.45) is 9.98 Å². The molecule has 1 aliphatic heterocycles. The molecule has 0 bridgehead atoms. The predicted octanol–water partition coefficient (Wildman–Crippen LogP) is 2.20. The third-order valence-electron chi connectivity index (χ3n) is 1.86. The molecule has 0 atom stereocenters. The highest BCUT2D eigenvalue weighted by Gasteiger charge is 2.08. The predicted molar refractivity (Wildman–Crippen MR) is 50.6 cm³/mol. The second-order valence-electron chi connectivity index (χ2n) is 2.99. The molecule has 0 aromatic heterocycles. The summed E-state index contributed by atoms with van der Waals surface area (Å²) in [5, 5.41) is 0. The van der Waals surface area contributed by atoms with Crippen molar-refractivity contribution in [1.82, 2.24) is 0 Å². The molecule has 0 unspecified atom stereocenters. The summed E-state index contributed by atoms with van der Waals surface area (Å²) in [6.07, 6.45) is 0.692. The molecule has 1 aromatic carbocycles. The van der Waals surface area contributed by atoms with Gasteiger partial charge in [0.1, 0.15) is 17.5 Å². The van der Waals surface area contributed by atoms with E-state index in [1.807, 2.05) is 6.92 Å². The smallest absolute Gasteiger partial charge is 0.136 e. The Morgan fingerprint density at radius 2 is 1.77 bits per heavy atom. The molecule has 66 valence electrons. The Balaban J connectivity index is 2.03. The van der Waals surface area contributed by atoms with Gasteiger partial charge in [0.25, 0.3) is 0 Å². The van der Waals surface area contributed by atoms with Crippen LogP contribution in [0.2, 0.25) is 0 Å². The van der Waals surface area contributed by atoms with Gasteiger partial charge in [-0.1, -0.05) is 12.1 Å². The van der Waals surface area contributed by atoms with Crippen LogP contribution in [0.3, 0.4) is 0 Å². The third-order valence-corrected chi connectivity index (χ3v) is 1.86. The molecule has 0 saturated heterocycles. The molecule has 13 heavy (non-hydrogen) atoms. The first-order valence-corrected chi connectivity index (χ1v) is 4.11. The van der Waals surface area contributed by atoms with Crippen LogP contribution in [0.1, 0.15) is 12.5 Å². The van der Waals surface area contributed by atoms with Gasteiger partial charge in [0, 0.05) is 6.42 Å². The number of benzene rings is 1. The summed E-state index contributed by atoms with van der Waals surface area (Å²) in [6, 6.07) is 6.40. The number of rotatable bonds is 2. The highest BCUT2D eigenvalue weighted by Crippen LogP contribution is 2.08.